The highest BCUT2D eigenvalue weighted by Crippen LogP contribution is 2.24. The smallest absolute Gasteiger partial charge is 0.363 e. The van der Waals surface area contributed by atoms with Gasteiger partial charge in [0.25, 0.3) is 0 Å². The van der Waals surface area contributed by atoms with Crippen LogP contribution in [0.3, 0.4) is 0 Å². The molecule has 0 aromatic heterocycles. The molecule has 1 heterocycles. The Morgan fingerprint density at radius 2 is 2.00 bits per heavy atom. The Morgan fingerprint density at radius 3 is 2.67 bits per heavy atom. The van der Waals surface area contributed by atoms with E-state index >= 15 is 0 Å². The number of rotatable bonds is 5. The number of benzene rings is 2. The first-order valence-corrected chi connectivity index (χ1v) is 9.61. The Hall–Kier alpha value is -2.20. The molecule has 0 saturated carbocycles. The second-order valence-corrected chi connectivity index (χ2v) is 7.42. The molecular formula is C19H13BrINO5. The van der Waals surface area contributed by atoms with Crippen LogP contribution in [-0.2, 0) is 19.1 Å². The van der Waals surface area contributed by atoms with Crippen LogP contribution in [-0.4, -0.2) is 31.6 Å². The topological polar surface area (TPSA) is 74.2 Å². The fourth-order valence-corrected chi connectivity index (χ4v) is 2.90. The van der Waals surface area contributed by atoms with Crippen LogP contribution >= 0.6 is 38.5 Å². The lowest BCUT2D eigenvalue weighted by molar-refractivity contribution is -0.142. The van der Waals surface area contributed by atoms with Crippen LogP contribution in [0.2, 0.25) is 0 Å². The van der Waals surface area contributed by atoms with Crippen LogP contribution in [0.4, 0.5) is 0 Å². The number of aliphatic imine (C=N–C) groups is 1. The van der Waals surface area contributed by atoms with Crippen molar-refractivity contribution in [3.8, 4) is 5.75 Å². The molecule has 0 unspecified atom stereocenters. The molecule has 138 valence electrons. The van der Waals surface area contributed by atoms with E-state index in [4.69, 9.17) is 9.47 Å². The first-order chi connectivity index (χ1) is 13.0. The van der Waals surface area contributed by atoms with Crippen molar-refractivity contribution in [1.82, 2.24) is 0 Å². The summed E-state index contributed by atoms with van der Waals surface area (Å²) in [7, 11) is 1.30. The van der Waals surface area contributed by atoms with E-state index in [0.29, 0.717) is 11.3 Å². The zero-order valence-electron chi connectivity index (χ0n) is 14.1. The summed E-state index contributed by atoms with van der Waals surface area (Å²) < 4.78 is 17.0. The molecule has 6 nitrogen and oxygen atoms in total. The van der Waals surface area contributed by atoms with Gasteiger partial charge in [0.1, 0.15) is 5.75 Å². The van der Waals surface area contributed by atoms with Crippen molar-refractivity contribution in [1.29, 1.82) is 0 Å². The standard InChI is InChI=1S/C19H13BrINO5/c1-25-17(23)10-26-13-5-2-11(3-6-13)8-16-19(24)27-18(22-16)12-4-7-15(21)14(20)9-12/h2-9H,10H2,1H3/b16-8-. The number of nitrogens with zero attached hydrogens (tertiary/aromatic N) is 1. The number of cyclic esters (lactones) is 1. The third kappa shape index (κ3) is 4.95. The van der Waals surface area contributed by atoms with Gasteiger partial charge in [-0.25, -0.2) is 14.6 Å². The summed E-state index contributed by atoms with van der Waals surface area (Å²) in [6.45, 7) is -0.164. The second kappa shape index (κ2) is 8.66. The molecule has 0 aliphatic carbocycles. The Kier molecular flexibility index (Phi) is 6.27. The maximum Gasteiger partial charge on any atom is 0.363 e. The summed E-state index contributed by atoms with van der Waals surface area (Å²) in [6.07, 6.45) is 1.63. The summed E-state index contributed by atoms with van der Waals surface area (Å²) in [4.78, 5) is 27.5. The molecule has 0 radical (unpaired) electrons. The average molecular weight is 542 g/mol. The molecule has 27 heavy (non-hydrogen) atoms. The van der Waals surface area contributed by atoms with E-state index in [1.807, 2.05) is 18.2 Å². The van der Waals surface area contributed by atoms with Crippen LogP contribution < -0.4 is 4.74 Å². The number of methoxy groups -OCH3 is 1. The lowest BCUT2D eigenvalue weighted by Crippen LogP contribution is -2.12. The lowest BCUT2D eigenvalue weighted by atomic mass is 10.2. The molecular weight excluding hydrogens is 529 g/mol. The summed E-state index contributed by atoms with van der Waals surface area (Å²) in [5.41, 5.74) is 1.68. The van der Waals surface area contributed by atoms with Crippen molar-refractivity contribution in [2.24, 2.45) is 4.99 Å². The van der Waals surface area contributed by atoms with Crippen molar-refractivity contribution in [2.45, 2.75) is 0 Å². The van der Waals surface area contributed by atoms with Crippen LogP contribution in [0.5, 0.6) is 5.75 Å². The van der Waals surface area contributed by atoms with Gasteiger partial charge in [-0.2, -0.15) is 0 Å². The van der Waals surface area contributed by atoms with Gasteiger partial charge >= 0.3 is 11.9 Å². The number of carbonyl (C=O) groups excluding carboxylic acids is 2. The van der Waals surface area contributed by atoms with Crippen molar-refractivity contribution in [3.05, 3.63) is 67.3 Å². The normalized spacial score (nSPS) is 14.7. The van der Waals surface area contributed by atoms with Crippen LogP contribution in [0.1, 0.15) is 11.1 Å². The van der Waals surface area contributed by atoms with Crippen molar-refractivity contribution in [2.75, 3.05) is 13.7 Å². The van der Waals surface area contributed by atoms with Crippen molar-refractivity contribution >= 4 is 62.4 Å². The minimum atomic E-state index is -0.509. The number of carbonyl (C=O) groups is 2. The minimum Gasteiger partial charge on any atom is -0.482 e. The molecule has 2 aromatic carbocycles. The van der Waals surface area contributed by atoms with E-state index in [-0.39, 0.29) is 18.2 Å². The van der Waals surface area contributed by atoms with Gasteiger partial charge in [0.2, 0.25) is 5.90 Å². The fourth-order valence-electron chi connectivity index (χ4n) is 2.18. The molecule has 0 N–H and O–H groups in total. The SMILES string of the molecule is COC(=O)COc1ccc(/C=C2\N=C(c3ccc(I)c(Br)c3)OC2=O)cc1. The number of hydrogen-bond acceptors (Lipinski definition) is 6. The monoisotopic (exact) mass is 541 g/mol. The summed E-state index contributed by atoms with van der Waals surface area (Å²) in [6, 6.07) is 12.5. The molecule has 0 saturated heterocycles. The van der Waals surface area contributed by atoms with E-state index in [1.165, 1.54) is 7.11 Å². The Bertz CT molecular complexity index is 953. The quantitative estimate of drug-likeness (QED) is 0.325. The van der Waals surface area contributed by atoms with Gasteiger partial charge in [-0.3, -0.25) is 0 Å². The summed E-state index contributed by atoms with van der Waals surface area (Å²) in [5, 5.41) is 0. The van der Waals surface area contributed by atoms with Gasteiger partial charge in [-0.05, 0) is 80.5 Å². The highest BCUT2D eigenvalue weighted by atomic mass is 127. The first-order valence-electron chi connectivity index (χ1n) is 7.74. The van der Waals surface area contributed by atoms with Gasteiger partial charge < -0.3 is 14.2 Å². The average Bonchev–Trinajstić information content (AvgIpc) is 3.03. The molecule has 2 aromatic rings. The molecule has 1 aliphatic heterocycles. The molecule has 8 heteroatoms. The van der Waals surface area contributed by atoms with E-state index in [2.05, 4.69) is 48.3 Å². The lowest BCUT2D eigenvalue weighted by Gasteiger charge is -2.04. The highest BCUT2D eigenvalue weighted by molar-refractivity contribution is 14.1. The van der Waals surface area contributed by atoms with E-state index in [0.717, 1.165) is 13.6 Å². The van der Waals surface area contributed by atoms with Gasteiger partial charge in [-0.1, -0.05) is 12.1 Å². The maximum atomic E-state index is 12.1. The van der Waals surface area contributed by atoms with E-state index in [9.17, 15) is 9.59 Å². The molecule has 0 spiro atoms. The Balaban J connectivity index is 1.76. The number of esters is 2. The Labute approximate surface area is 177 Å². The highest BCUT2D eigenvalue weighted by Gasteiger charge is 2.24. The molecule has 0 bridgehead atoms. The van der Waals surface area contributed by atoms with Gasteiger partial charge in [0.05, 0.1) is 7.11 Å². The second-order valence-electron chi connectivity index (χ2n) is 5.40. The molecule has 0 atom stereocenters. The summed E-state index contributed by atoms with van der Waals surface area (Å²) >= 11 is 5.65. The van der Waals surface area contributed by atoms with E-state index in [1.54, 1.807) is 30.3 Å². The van der Waals surface area contributed by atoms with Crippen molar-refractivity contribution in [3.63, 3.8) is 0 Å². The van der Waals surface area contributed by atoms with Gasteiger partial charge in [0, 0.05) is 13.6 Å². The maximum absolute atomic E-state index is 12.1. The third-order valence-corrected chi connectivity index (χ3v) is 5.89. The zero-order valence-corrected chi connectivity index (χ0v) is 17.8. The molecule has 1 aliphatic rings. The molecule has 0 fully saturated rings. The van der Waals surface area contributed by atoms with Gasteiger partial charge in [0.15, 0.2) is 12.3 Å². The zero-order chi connectivity index (χ0) is 19.4. The Morgan fingerprint density at radius 1 is 1.26 bits per heavy atom. The molecule has 3 rings (SSSR count). The van der Waals surface area contributed by atoms with Crippen LogP contribution in [0.15, 0.2) is 57.6 Å². The van der Waals surface area contributed by atoms with Gasteiger partial charge in [-0.15, -0.1) is 0 Å². The third-order valence-electron chi connectivity index (χ3n) is 3.55. The number of hydrogen-bond donors (Lipinski definition) is 0. The van der Waals surface area contributed by atoms with Crippen molar-refractivity contribution < 1.29 is 23.8 Å². The summed E-state index contributed by atoms with van der Waals surface area (Å²) in [5.74, 6) is -0.185. The largest absolute Gasteiger partial charge is 0.482 e. The van der Waals surface area contributed by atoms with Crippen LogP contribution in [0.25, 0.3) is 6.08 Å². The number of halogens is 2. The minimum absolute atomic E-state index is 0.164. The fraction of sp³-hybridized carbons (Fsp3) is 0.105. The predicted molar refractivity (Wildman–Crippen MR) is 111 cm³/mol. The van der Waals surface area contributed by atoms with E-state index < -0.39 is 11.9 Å². The first kappa shape index (κ1) is 19.6. The number of ether oxygens (including phenoxy) is 3. The van der Waals surface area contributed by atoms with Crippen LogP contribution in [0, 0.1) is 3.57 Å². The predicted octanol–water partition coefficient (Wildman–Crippen LogP) is 3.95. The molecule has 0 amide bonds.